The number of nitrogens with zero attached hydrogens (tertiary/aromatic N) is 4. The van der Waals surface area contributed by atoms with Crippen LogP contribution in [0.4, 0.5) is 0 Å². The van der Waals surface area contributed by atoms with Crippen molar-refractivity contribution in [2.75, 3.05) is 0 Å². The van der Waals surface area contributed by atoms with Crippen LogP contribution in [0, 0.1) is 0 Å². The Morgan fingerprint density at radius 3 is 1.71 bits per heavy atom. The van der Waals surface area contributed by atoms with E-state index in [0.717, 1.165) is 66.6 Å². The number of hydrogen-bond acceptors (Lipinski definition) is 5. The third-order valence-electron chi connectivity index (χ3n) is 9.00. The molecule has 8 aromatic rings. The highest BCUT2D eigenvalue weighted by atomic mass is 15.2. The zero-order valence-electron chi connectivity index (χ0n) is 26.0. The fourth-order valence-electron chi connectivity index (χ4n) is 6.66. The van der Waals surface area contributed by atoms with Gasteiger partial charge in [-0.25, -0.2) is 9.98 Å². The van der Waals surface area contributed by atoms with E-state index in [0.29, 0.717) is 5.84 Å². The van der Waals surface area contributed by atoms with Crippen molar-refractivity contribution < 1.29 is 0 Å². The Kier molecular flexibility index (Phi) is 6.79. The van der Waals surface area contributed by atoms with E-state index >= 15 is 0 Å². The fourth-order valence-corrected chi connectivity index (χ4v) is 6.66. The maximum absolute atomic E-state index is 5.08. The molecule has 2 heterocycles. The van der Waals surface area contributed by atoms with Gasteiger partial charge in [-0.1, -0.05) is 133 Å². The predicted octanol–water partition coefficient (Wildman–Crippen LogP) is 9.77. The molecule has 48 heavy (non-hydrogen) atoms. The molecule has 1 aliphatic heterocycles. The molecule has 0 aliphatic carbocycles. The lowest BCUT2D eigenvalue weighted by Gasteiger charge is -2.24. The van der Waals surface area contributed by atoms with Gasteiger partial charge in [-0.15, -0.1) is 0 Å². The van der Waals surface area contributed by atoms with Crippen LogP contribution >= 0.6 is 0 Å². The van der Waals surface area contributed by atoms with Crippen molar-refractivity contribution in [3.05, 3.63) is 181 Å². The minimum absolute atomic E-state index is 0.289. The van der Waals surface area contributed by atoms with Crippen LogP contribution in [0.2, 0.25) is 0 Å². The highest BCUT2D eigenvalue weighted by Gasteiger charge is 2.21. The van der Waals surface area contributed by atoms with E-state index in [9.17, 15) is 0 Å². The van der Waals surface area contributed by atoms with E-state index < -0.39 is 0 Å². The average molecular weight is 616 g/mol. The van der Waals surface area contributed by atoms with Gasteiger partial charge in [0.1, 0.15) is 12.0 Å². The van der Waals surface area contributed by atoms with Crippen LogP contribution in [-0.2, 0) is 0 Å². The van der Waals surface area contributed by atoms with E-state index in [2.05, 4.69) is 126 Å². The topological polar surface area (TPSA) is 62.5 Å². The van der Waals surface area contributed by atoms with Crippen LogP contribution in [0.3, 0.4) is 0 Å². The van der Waals surface area contributed by atoms with Gasteiger partial charge in [-0.2, -0.15) is 0 Å². The second-order valence-corrected chi connectivity index (χ2v) is 12.0. The first-order valence-corrected chi connectivity index (χ1v) is 16.1. The first-order chi connectivity index (χ1) is 23.8. The lowest BCUT2D eigenvalue weighted by atomic mass is 9.94. The van der Waals surface area contributed by atoms with Gasteiger partial charge in [0.25, 0.3) is 0 Å². The molecule has 5 nitrogen and oxygen atoms in total. The first kappa shape index (κ1) is 27.8. The summed E-state index contributed by atoms with van der Waals surface area (Å²) in [6.07, 6.45) is 3.25. The second-order valence-electron chi connectivity index (χ2n) is 12.0. The molecule has 1 unspecified atom stereocenters. The summed E-state index contributed by atoms with van der Waals surface area (Å²) in [7, 11) is 0. The molecule has 0 saturated heterocycles. The van der Waals surface area contributed by atoms with Crippen LogP contribution in [0.25, 0.3) is 54.8 Å². The van der Waals surface area contributed by atoms with Crippen molar-refractivity contribution in [1.29, 1.82) is 0 Å². The van der Waals surface area contributed by atoms with E-state index in [-0.39, 0.29) is 6.17 Å². The molecule has 0 fully saturated rings. The van der Waals surface area contributed by atoms with Gasteiger partial charge in [0, 0.05) is 34.3 Å². The molecule has 0 bridgehead atoms. The highest BCUT2D eigenvalue weighted by molar-refractivity contribution is 6.23. The summed E-state index contributed by atoms with van der Waals surface area (Å²) in [4.78, 5) is 19.4. The van der Waals surface area contributed by atoms with Crippen molar-refractivity contribution in [1.82, 2.24) is 15.3 Å². The summed E-state index contributed by atoms with van der Waals surface area (Å²) >= 11 is 0. The lowest BCUT2D eigenvalue weighted by Crippen LogP contribution is -2.33. The maximum Gasteiger partial charge on any atom is 0.159 e. The largest absolute Gasteiger partial charge is 0.344 e. The van der Waals surface area contributed by atoms with E-state index in [4.69, 9.17) is 15.0 Å². The van der Waals surface area contributed by atoms with Crippen LogP contribution in [0.5, 0.6) is 0 Å². The van der Waals surface area contributed by atoms with E-state index in [1.54, 1.807) is 12.4 Å². The maximum atomic E-state index is 5.08. The summed E-state index contributed by atoms with van der Waals surface area (Å²) in [6.45, 7) is 0. The van der Waals surface area contributed by atoms with Crippen molar-refractivity contribution in [2.45, 2.75) is 6.17 Å². The number of aliphatic imine (C=N–C) groups is 2. The van der Waals surface area contributed by atoms with E-state index in [1.165, 1.54) is 10.8 Å². The molecular formula is C43H29N5. The number of aromatic nitrogens is 2. The molecule has 1 aliphatic rings. The minimum atomic E-state index is -0.289. The van der Waals surface area contributed by atoms with Gasteiger partial charge < -0.3 is 5.32 Å². The quantitative estimate of drug-likeness (QED) is 0.196. The molecule has 0 spiro atoms. The zero-order chi connectivity index (χ0) is 31.9. The molecule has 1 aromatic heterocycles. The molecule has 226 valence electrons. The number of rotatable bonds is 5. The minimum Gasteiger partial charge on any atom is -0.344 e. The Balaban J connectivity index is 1.10. The summed E-state index contributed by atoms with van der Waals surface area (Å²) in [5, 5.41) is 8.18. The van der Waals surface area contributed by atoms with Crippen LogP contribution in [-0.4, -0.2) is 21.6 Å². The first-order valence-electron chi connectivity index (χ1n) is 16.1. The third kappa shape index (κ3) is 4.99. The Labute approximate surface area is 278 Å². The summed E-state index contributed by atoms with van der Waals surface area (Å²) < 4.78 is 0. The van der Waals surface area contributed by atoms with E-state index in [1.807, 2.05) is 36.4 Å². The number of benzene rings is 7. The Morgan fingerprint density at radius 1 is 0.417 bits per heavy atom. The lowest BCUT2D eigenvalue weighted by molar-refractivity contribution is 0.674. The van der Waals surface area contributed by atoms with Crippen molar-refractivity contribution in [2.24, 2.45) is 9.98 Å². The SMILES string of the molecule is c1ccc(C2=NC(c3cccc(-c4cccc(-c5ccc6c(c5)c5ccccc5c5nccnc65)c4)c3)NC(c3ccccc3)=N2)cc1. The Morgan fingerprint density at radius 2 is 0.979 bits per heavy atom. The number of amidine groups is 2. The average Bonchev–Trinajstić information content (AvgIpc) is 3.18. The zero-order valence-corrected chi connectivity index (χ0v) is 26.0. The highest BCUT2D eigenvalue weighted by Crippen LogP contribution is 2.36. The molecule has 0 saturated carbocycles. The monoisotopic (exact) mass is 615 g/mol. The van der Waals surface area contributed by atoms with Gasteiger partial charge in [0.2, 0.25) is 0 Å². The molecule has 7 aromatic carbocycles. The van der Waals surface area contributed by atoms with Crippen molar-refractivity contribution >= 4 is 44.2 Å². The molecule has 0 amide bonds. The number of fused-ring (bicyclic) bond motifs is 6. The molecule has 1 N–H and O–H groups in total. The van der Waals surface area contributed by atoms with Crippen LogP contribution < -0.4 is 5.32 Å². The van der Waals surface area contributed by atoms with Crippen LogP contribution in [0.1, 0.15) is 22.9 Å². The summed E-state index contributed by atoms with van der Waals surface area (Å²) in [5.74, 6) is 1.53. The molecular weight excluding hydrogens is 587 g/mol. The van der Waals surface area contributed by atoms with Gasteiger partial charge in [-0.3, -0.25) is 9.97 Å². The normalized spacial score (nSPS) is 14.5. The Bertz CT molecular complexity index is 2500. The van der Waals surface area contributed by atoms with Crippen molar-refractivity contribution in [3.63, 3.8) is 0 Å². The molecule has 0 radical (unpaired) electrons. The summed E-state index contributed by atoms with van der Waals surface area (Å²) in [5.41, 5.74) is 9.53. The van der Waals surface area contributed by atoms with Gasteiger partial charge in [0.05, 0.1) is 11.0 Å². The van der Waals surface area contributed by atoms with Crippen molar-refractivity contribution in [3.8, 4) is 22.3 Å². The molecule has 1 atom stereocenters. The van der Waals surface area contributed by atoms with Gasteiger partial charge in [-0.05, 0) is 56.8 Å². The number of hydrogen-bond donors (Lipinski definition) is 1. The Hall–Kier alpha value is -6.46. The fraction of sp³-hybridized carbons (Fsp3) is 0.0233. The second kappa shape index (κ2) is 11.7. The third-order valence-corrected chi connectivity index (χ3v) is 9.00. The van der Waals surface area contributed by atoms with Gasteiger partial charge >= 0.3 is 0 Å². The standard InChI is InChI=1S/C43H29N5/c1-3-11-28(12-4-1)41-46-42(29-13-5-2-6-14-29)48-43(47-41)34-18-10-17-32(26-34)30-15-9-16-31(25-30)33-21-22-37-38(27-33)35-19-7-8-20-36(35)39-40(37)45-24-23-44-39/h1-27,43H,(H,46,47,48). The predicted molar refractivity (Wildman–Crippen MR) is 197 cm³/mol. The van der Waals surface area contributed by atoms with Crippen LogP contribution in [0.15, 0.2) is 174 Å². The summed E-state index contributed by atoms with van der Waals surface area (Å²) in [6, 6.07) is 52.9. The number of nitrogens with one attached hydrogen (secondary N) is 1. The smallest absolute Gasteiger partial charge is 0.159 e. The molecule has 9 rings (SSSR count). The van der Waals surface area contributed by atoms with Gasteiger partial charge in [0.15, 0.2) is 5.84 Å². The molecule has 5 heteroatoms.